The van der Waals surface area contributed by atoms with Crippen molar-refractivity contribution in [2.45, 2.75) is 19.1 Å². The third-order valence-corrected chi connectivity index (χ3v) is 1.55. The molecule has 1 amide bonds. The van der Waals surface area contributed by atoms with Gasteiger partial charge in [0.1, 0.15) is 0 Å². The van der Waals surface area contributed by atoms with Gasteiger partial charge in [-0.2, -0.15) is 0 Å². The van der Waals surface area contributed by atoms with Gasteiger partial charge in [-0.1, -0.05) is 12.2 Å². The first-order valence-corrected chi connectivity index (χ1v) is 3.25. The molecule has 0 aromatic heterocycles. The Morgan fingerprint density at radius 1 is 1.70 bits per heavy atom. The highest BCUT2D eigenvalue weighted by molar-refractivity contribution is 5.88. The van der Waals surface area contributed by atoms with Crippen LogP contribution in [0.1, 0.15) is 6.92 Å². The first kappa shape index (κ1) is 7.28. The number of hydrogen-bond acceptors (Lipinski definition) is 2. The van der Waals surface area contributed by atoms with Crippen LogP contribution >= 0.6 is 0 Å². The van der Waals surface area contributed by atoms with E-state index in [1.807, 2.05) is 19.1 Å². The largest absolute Gasteiger partial charge is 0.369 e. The van der Waals surface area contributed by atoms with Gasteiger partial charge in [-0.05, 0) is 6.92 Å². The Labute approximate surface area is 60.1 Å². The Morgan fingerprint density at radius 3 is 2.80 bits per heavy atom. The van der Waals surface area contributed by atoms with Crippen molar-refractivity contribution >= 4 is 5.91 Å². The third-order valence-electron chi connectivity index (χ3n) is 1.55. The van der Waals surface area contributed by atoms with Crippen molar-refractivity contribution in [3.8, 4) is 0 Å². The van der Waals surface area contributed by atoms with Gasteiger partial charge >= 0.3 is 0 Å². The summed E-state index contributed by atoms with van der Waals surface area (Å²) < 4.78 is 4.90. The fourth-order valence-electron chi connectivity index (χ4n) is 0.999. The molecule has 1 N–H and O–H groups in total. The Balaban J connectivity index is 2.45. The second kappa shape index (κ2) is 2.84. The van der Waals surface area contributed by atoms with Crippen molar-refractivity contribution in [1.82, 2.24) is 5.32 Å². The van der Waals surface area contributed by atoms with Crippen LogP contribution in [0.25, 0.3) is 0 Å². The molecule has 1 heterocycles. The van der Waals surface area contributed by atoms with Crippen molar-refractivity contribution in [2.75, 3.05) is 7.11 Å². The smallest absolute Gasteiger partial charge is 0.252 e. The first-order valence-electron chi connectivity index (χ1n) is 3.25. The maximum atomic E-state index is 10.7. The number of amides is 1. The number of hydrogen-bond donors (Lipinski definition) is 1. The quantitative estimate of drug-likeness (QED) is 0.436. The lowest BCUT2D eigenvalue weighted by Gasteiger charge is -2.33. The van der Waals surface area contributed by atoms with Gasteiger partial charge in [0.25, 0.3) is 5.91 Å². The molecular weight excluding hydrogens is 130 g/mol. The van der Waals surface area contributed by atoms with E-state index in [0.717, 1.165) is 0 Å². The molecule has 3 heteroatoms. The topological polar surface area (TPSA) is 38.3 Å². The second-order valence-corrected chi connectivity index (χ2v) is 2.22. The number of nitrogens with one attached hydrogen (secondary N) is 1. The van der Waals surface area contributed by atoms with Gasteiger partial charge in [0.15, 0.2) is 6.10 Å². The van der Waals surface area contributed by atoms with Crippen LogP contribution in [0.15, 0.2) is 12.2 Å². The molecule has 0 spiro atoms. The Kier molecular flexibility index (Phi) is 2.06. The summed E-state index contributed by atoms with van der Waals surface area (Å²) in [7, 11) is 1.54. The summed E-state index contributed by atoms with van der Waals surface area (Å²) in [5.41, 5.74) is 0. The van der Waals surface area contributed by atoms with E-state index >= 15 is 0 Å². The molecule has 0 aromatic rings. The van der Waals surface area contributed by atoms with Crippen molar-refractivity contribution in [1.29, 1.82) is 0 Å². The third kappa shape index (κ3) is 1.04. The molecule has 0 aliphatic carbocycles. The summed E-state index contributed by atoms with van der Waals surface area (Å²) in [6, 6.07) is 0.0856. The van der Waals surface area contributed by atoms with Crippen LogP contribution < -0.4 is 5.32 Å². The Morgan fingerprint density at radius 2 is 2.40 bits per heavy atom. The first-order chi connectivity index (χ1) is 4.79. The lowest BCUT2D eigenvalue weighted by Crippen LogP contribution is -2.62. The van der Waals surface area contributed by atoms with Crippen LogP contribution in [0.4, 0.5) is 0 Å². The van der Waals surface area contributed by atoms with Crippen molar-refractivity contribution < 1.29 is 9.53 Å². The summed E-state index contributed by atoms with van der Waals surface area (Å²) in [5, 5.41) is 2.69. The minimum absolute atomic E-state index is 0.0226. The molecule has 3 nitrogen and oxygen atoms in total. The minimum Gasteiger partial charge on any atom is -0.369 e. The van der Waals surface area contributed by atoms with Gasteiger partial charge in [-0.3, -0.25) is 4.79 Å². The standard InChI is InChI=1S/C7H11NO2/c1-3-4-5-6(10-2)7(9)8-5/h3-6H,1-2H3,(H,8,9)/b4-3+. The SMILES string of the molecule is C/C=C/C1NC(=O)C1OC. The van der Waals surface area contributed by atoms with Gasteiger partial charge in [-0.25, -0.2) is 0 Å². The van der Waals surface area contributed by atoms with Gasteiger partial charge < -0.3 is 10.1 Å². The molecule has 2 unspecified atom stereocenters. The predicted octanol–water partition coefficient (Wildman–Crippen LogP) is 0.0759. The molecular formula is C7H11NO2. The van der Waals surface area contributed by atoms with Gasteiger partial charge in [0.2, 0.25) is 0 Å². The van der Waals surface area contributed by atoms with Gasteiger partial charge in [-0.15, -0.1) is 0 Å². The summed E-state index contributed by atoms with van der Waals surface area (Å²) in [4.78, 5) is 10.7. The van der Waals surface area contributed by atoms with Crippen LogP contribution in [0.5, 0.6) is 0 Å². The van der Waals surface area contributed by atoms with E-state index in [9.17, 15) is 4.79 Å². The predicted molar refractivity (Wildman–Crippen MR) is 37.5 cm³/mol. The van der Waals surface area contributed by atoms with Crippen LogP contribution in [0, 0.1) is 0 Å². The maximum absolute atomic E-state index is 10.7. The fourth-order valence-corrected chi connectivity index (χ4v) is 0.999. The van der Waals surface area contributed by atoms with Crippen molar-refractivity contribution in [3.05, 3.63) is 12.2 Å². The zero-order valence-corrected chi connectivity index (χ0v) is 6.13. The molecule has 0 radical (unpaired) electrons. The average Bonchev–Trinajstić information content (AvgIpc) is 1.88. The minimum atomic E-state index is -0.267. The Hall–Kier alpha value is -0.830. The van der Waals surface area contributed by atoms with Crippen LogP contribution in [-0.4, -0.2) is 25.2 Å². The van der Waals surface area contributed by atoms with Gasteiger partial charge in [0.05, 0.1) is 6.04 Å². The summed E-state index contributed by atoms with van der Waals surface area (Å²) in [5.74, 6) is -0.0226. The van der Waals surface area contributed by atoms with E-state index < -0.39 is 0 Å². The molecule has 56 valence electrons. The zero-order valence-electron chi connectivity index (χ0n) is 6.13. The monoisotopic (exact) mass is 141 g/mol. The average molecular weight is 141 g/mol. The molecule has 0 saturated carbocycles. The second-order valence-electron chi connectivity index (χ2n) is 2.22. The summed E-state index contributed by atoms with van der Waals surface area (Å²) >= 11 is 0. The normalized spacial score (nSPS) is 32.0. The summed E-state index contributed by atoms with van der Waals surface area (Å²) in [6.45, 7) is 1.91. The number of allylic oxidation sites excluding steroid dienone is 1. The van der Waals surface area contributed by atoms with E-state index in [4.69, 9.17) is 4.74 Å². The van der Waals surface area contributed by atoms with Crippen molar-refractivity contribution in [2.24, 2.45) is 0 Å². The van der Waals surface area contributed by atoms with Crippen LogP contribution in [0.2, 0.25) is 0 Å². The zero-order chi connectivity index (χ0) is 7.56. The Bertz CT molecular complexity index is 165. The van der Waals surface area contributed by atoms with E-state index in [-0.39, 0.29) is 18.1 Å². The lowest BCUT2D eigenvalue weighted by molar-refractivity contribution is -0.142. The highest BCUT2D eigenvalue weighted by atomic mass is 16.5. The van der Waals surface area contributed by atoms with E-state index in [1.165, 1.54) is 0 Å². The van der Waals surface area contributed by atoms with E-state index in [1.54, 1.807) is 7.11 Å². The van der Waals surface area contributed by atoms with E-state index in [2.05, 4.69) is 5.32 Å². The van der Waals surface area contributed by atoms with Crippen molar-refractivity contribution in [3.63, 3.8) is 0 Å². The van der Waals surface area contributed by atoms with Gasteiger partial charge in [0, 0.05) is 7.11 Å². The lowest BCUT2D eigenvalue weighted by atomic mass is 10.0. The molecule has 1 aliphatic heterocycles. The number of rotatable bonds is 2. The molecule has 10 heavy (non-hydrogen) atoms. The van der Waals surface area contributed by atoms with Crippen LogP contribution in [-0.2, 0) is 9.53 Å². The molecule has 2 atom stereocenters. The molecule has 1 fully saturated rings. The highest BCUT2D eigenvalue weighted by Gasteiger charge is 2.37. The maximum Gasteiger partial charge on any atom is 0.252 e. The number of methoxy groups -OCH3 is 1. The number of carbonyl (C=O) groups excluding carboxylic acids is 1. The fraction of sp³-hybridized carbons (Fsp3) is 0.571. The van der Waals surface area contributed by atoms with E-state index in [0.29, 0.717) is 0 Å². The number of β-lactam (4-membered cyclic amide) rings is 1. The molecule has 0 aromatic carbocycles. The number of ether oxygens (including phenoxy) is 1. The summed E-state index contributed by atoms with van der Waals surface area (Å²) in [6.07, 6.45) is 3.54. The number of carbonyl (C=O) groups is 1. The molecule has 1 saturated heterocycles. The molecule has 1 rings (SSSR count). The highest BCUT2D eigenvalue weighted by Crippen LogP contribution is 2.10. The van der Waals surface area contributed by atoms with Crippen LogP contribution in [0.3, 0.4) is 0 Å². The molecule has 0 bridgehead atoms. The molecule has 1 aliphatic rings.